The van der Waals surface area contributed by atoms with Gasteiger partial charge in [-0.25, -0.2) is 4.79 Å². The molecule has 1 aromatic rings. The van der Waals surface area contributed by atoms with E-state index >= 15 is 0 Å². The van der Waals surface area contributed by atoms with Gasteiger partial charge in [0.2, 0.25) is 0 Å². The van der Waals surface area contributed by atoms with Crippen LogP contribution in [0.1, 0.15) is 18.9 Å². The molecule has 4 heteroatoms. The van der Waals surface area contributed by atoms with E-state index in [1.807, 2.05) is 12.1 Å². The van der Waals surface area contributed by atoms with Gasteiger partial charge in [-0.15, -0.1) is 0 Å². The quantitative estimate of drug-likeness (QED) is 0.785. The summed E-state index contributed by atoms with van der Waals surface area (Å²) < 4.78 is 9.77. The molecule has 0 saturated carbocycles. The highest BCUT2D eigenvalue weighted by molar-refractivity contribution is 5.78. The highest BCUT2D eigenvalue weighted by Crippen LogP contribution is 2.21. The minimum Gasteiger partial charge on any atom is -0.497 e. The molecular weight excluding hydrogens is 232 g/mol. The molecule has 0 spiro atoms. The van der Waals surface area contributed by atoms with Crippen molar-refractivity contribution in [2.24, 2.45) is 0 Å². The second kappa shape index (κ2) is 6.81. The van der Waals surface area contributed by atoms with Gasteiger partial charge in [-0.2, -0.15) is 0 Å². The lowest BCUT2D eigenvalue weighted by Gasteiger charge is -2.12. The lowest BCUT2D eigenvalue weighted by Crippen LogP contribution is -2.23. The van der Waals surface area contributed by atoms with E-state index in [0.29, 0.717) is 5.57 Å². The largest absolute Gasteiger partial charge is 0.497 e. The summed E-state index contributed by atoms with van der Waals surface area (Å²) in [4.78, 5) is 11.3. The molecule has 1 aromatic carbocycles. The number of rotatable bonds is 6. The van der Waals surface area contributed by atoms with Crippen LogP contribution in [-0.4, -0.2) is 30.9 Å². The van der Waals surface area contributed by atoms with Gasteiger partial charge in [-0.3, -0.25) is 0 Å². The molecule has 98 valence electrons. The van der Waals surface area contributed by atoms with Crippen LogP contribution in [-0.2, 0) is 9.53 Å². The van der Waals surface area contributed by atoms with Crippen LogP contribution in [0.3, 0.4) is 0 Å². The molecule has 0 aliphatic heterocycles. The normalized spacial score (nSPS) is 11.7. The van der Waals surface area contributed by atoms with E-state index in [1.165, 1.54) is 0 Å². The number of benzene rings is 1. The van der Waals surface area contributed by atoms with Crippen molar-refractivity contribution < 1.29 is 19.4 Å². The maximum absolute atomic E-state index is 11.3. The highest BCUT2D eigenvalue weighted by atomic mass is 16.5. The Morgan fingerprint density at radius 3 is 2.50 bits per heavy atom. The first-order chi connectivity index (χ1) is 8.58. The predicted octanol–water partition coefficient (Wildman–Crippen LogP) is 2.02. The van der Waals surface area contributed by atoms with Gasteiger partial charge in [0.05, 0.1) is 13.7 Å². The summed E-state index contributed by atoms with van der Waals surface area (Å²) in [6, 6.07) is 7.27. The first-order valence-electron chi connectivity index (χ1n) is 5.75. The summed E-state index contributed by atoms with van der Waals surface area (Å²) in [5.74, 6) is 0.129. The van der Waals surface area contributed by atoms with Crippen molar-refractivity contribution in [1.29, 1.82) is 0 Å². The van der Waals surface area contributed by atoms with Gasteiger partial charge in [0.15, 0.2) is 6.10 Å². The Hall–Kier alpha value is -1.81. The van der Waals surface area contributed by atoms with Crippen LogP contribution in [0.25, 0.3) is 5.57 Å². The SMILES string of the molecule is C=C(C[C@@H](O)C(=O)OCC)c1ccc(OC)cc1. The highest BCUT2D eigenvalue weighted by Gasteiger charge is 2.17. The summed E-state index contributed by atoms with van der Waals surface area (Å²) in [6.45, 7) is 5.81. The summed E-state index contributed by atoms with van der Waals surface area (Å²) in [6.07, 6.45) is -1.01. The average Bonchev–Trinajstić information content (AvgIpc) is 2.39. The Kier molecular flexibility index (Phi) is 5.39. The van der Waals surface area contributed by atoms with E-state index < -0.39 is 12.1 Å². The van der Waals surface area contributed by atoms with Crippen molar-refractivity contribution in [3.05, 3.63) is 36.4 Å². The molecule has 1 rings (SSSR count). The fourth-order valence-electron chi connectivity index (χ4n) is 1.50. The van der Waals surface area contributed by atoms with Crippen molar-refractivity contribution >= 4 is 11.5 Å². The molecule has 0 aliphatic rings. The van der Waals surface area contributed by atoms with Crippen LogP contribution in [0.5, 0.6) is 5.75 Å². The first-order valence-corrected chi connectivity index (χ1v) is 5.75. The van der Waals surface area contributed by atoms with Crippen molar-refractivity contribution in [2.45, 2.75) is 19.4 Å². The monoisotopic (exact) mass is 250 g/mol. The standard InChI is InChI=1S/C14H18O4/c1-4-18-14(16)13(15)9-10(2)11-5-7-12(17-3)8-6-11/h5-8,13,15H,2,4,9H2,1,3H3/t13-/m1/s1. The zero-order chi connectivity index (χ0) is 13.5. The molecule has 0 heterocycles. The second-order valence-corrected chi connectivity index (χ2v) is 3.80. The van der Waals surface area contributed by atoms with Crippen LogP contribution in [0, 0.1) is 0 Å². The van der Waals surface area contributed by atoms with Gasteiger partial charge < -0.3 is 14.6 Å². The third-order valence-corrected chi connectivity index (χ3v) is 2.50. The molecular formula is C14H18O4. The average molecular weight is 250 g/mol. The fraction of sp³-hybridized carbons (Fsp3) is 0.357. The van der Waals surface area contributed by atoms with E-state index in [9.17, 15) is 9.90 Å². The van der Waals surface area contributed by atoms with Crippen molar-refractivity contribution in [1.82, 2.24) is 0 Å². The van der Waals surface area contributed by atoms with E-state index in [2.05, 4.69) is 6.58 Å². The second-order valence-electron chi connectivity index (χ2n) is 3.80. The van der Waals surface area contributed by atoms with E-state index in [4.69, 9.17) is 9.47 Å². The number of ether oxygens (including phenoxy) is 2. The van der Waals surface area contributed by atoms with E-state index in [0.717, 1.165) is 11.3 Å². The van der Waals surface area contributed by atoms with Gasteiger partial charge in [0.1, 0.15) is 5.75 Å². The molecule has 1 atom stereocenters. The van der Waals surface area contributed by atoms with Gasteiger partial charge in [0, 0.05) is 6.42 Å². The van der Waals surface area contributed by atoms with Crippen LogP contribution in [0.4, 0.5) is 0 Å². The molecule has 0 amide bonds. The summed E-state index contributed by atoms with van der Waals surface area (Å²) >= 11 is 0. The number of carbonyl (C=O) groups excluding carboxylic acids is 1. The third-order valence-electron chi connectivity index (χ3n) is 2.50. The van der Waals surface area contributed by atoms with Crippen molar-refractivity contribution in [3.63, 3.8) is 0 Å². The fourth-order valence-corrected chi connectivity index (χ4v) is 1.50. The molecule has 4 nitrogen and oxygen atoms in total. The number of methoxy groups -OCH3 is 1. The molecule has 1 N–H and O–H groups in total. The first kappa shape index (κ1) is 14.3. The number of aliphatic hydroxyl groups is 1. The number of hydrogen-bond acceptors (Lipinski definition) is 4. The molecule has 0 aromatic heterocycles. The minimum atomic E-state index is -1.17. The zero-order valence-electron chi connectivity index (χ0n) is 10.7. The lowest BCUT2D eigenvalue weighted by molar-refractivity contribution is -0.152. The number of aliphatic hydroxyl groups excluding tert-OH is 1. The van der Waals surface area contributed by atoms with Crippen molar-refractivity contribution in [2.75, 3.05) is 13.7 Å². The maximum Gasteiger partial charge on any atom is 0.335 e. The van der Waals surface area contributed by atoms with Gasteiger partial charge in [-0.05, 0) is 30.2 Å². The number of carbonyl (C=O) groups is 1. The predicted molar refractivity (Wildman–Crippen MR) is 69.3 cm³/mol. The molecule has 0 unspecified atom stereocenters. The summed E-state index contributed by atoms with van der Waals surface area (Å²) in [7, 11) is 1.59. The van der Waals surface area contributed by atoms with Gasteiger partial charge in [-0.1, -0.05) is 18.7 Å². The minimum absolute atomic E-state index is 0.158. The van der Waals surface area contributed by atoms with Crippen molar-refractivity contribution in [3.8, 4) is 5.75 Å². The molecule has 18 heavy (non-hydrogen) atoms. The van der Waals surface area contributed by atoms with Crippen LogP contribution < -0.4 is 4.74 Å². The molecule has 0 aliphatic carbocycles. The van der Waals surface area contributed by atoms with Crippen LogP contribution >= 0.6 is 0 Å². The maximum atomic E-state index is 11.3. The van der Waals surface area contributed by atoms with Crippen LogP contribution in [0.15, 0.2) is 30.8 Å². The summed E-state index contributed by atoms with van der Waals surface area (Å²) in [5, 5.41) is 9.62. The molecule has 0 radical (unpaired) electrons. The Morgan fingerprint density at radius 1 is 1.39 bits per heavy atom. The van der Waals surface area contributed by atoms with Crippen LogP contribution in [0.2, 0.25) is 0 Å². The lowest BCUT2D eigenvalue weighted by atomic mass is 10.0. The Morgan fingerprint density at radius 2 is 2.00 bits per heavy atom. The molecule has 0 bridgehead atoms. The van der Waals surface area contributed by atoms with E-state index in [1.54, 1.807) is 26.2 Å². The summed E-state index contributed by atoms with van der Waals surface area (Å²) in [5.41, 5.74) is 1.54. The Labute approximate surface area is 107 Å². The number of esters is 1. The smallest absolute Gasteiger partial charge is 0.335 e. The van der Waals surface area contributed by atoms with Gasteiger partial charge in [0.25, 0.3) is 0 Å². The van der Waals surface area contributed by atoms with Gasteiger partial charge >= 0.3 is 5.97 Å². The third kappa shape index (κ3) is 3.89. The zero-order valence-corrected chi connectivity index (χ0v) is 10.7. The topological polar surface area (TPSA) is 55.8 Å². The Bertz CT molecular complexity index is 408. The Balaban J connectivity index is 2.61. The molecule has 0 fully saturated rings. The van der Waals surface area contributed by atoms with E-state index in [-0.39, 0.29) is 13.0 Å². The molecule has 0 saturated heterocycles. The number of hydrogen-bond donors (Lipinski definition) is 1.